The largest absolute Gasteiger partial charge is 0.416 e. The van der Waals surface area contributed by atoms with E-state index in [-0.39, 0.29) is 17.8 Å². The minimum absolute atomic E-state index is 0.208. The van der Waals surface area contributed by atoms with E-state index in [4.69, 9.17) is 0 Å². The molecule has 1 N–H and O–H groups in total. The minimum atomic E-state index is -4.45. The van der Waals surface area contributed by atoms with Crippen molar-refractivity contribution in [2.75, 3.05) is 5.32 Å². The Kier molecular flexibility index (Phi) is 4.97. The summed E-state index contributed by atoms with van der Waals surface area (Å²) in [6.07, 6.45) is -3.15. The van der Waals surface area contributed by atoms with E-state index in [2.05, 4.69) is 10.3 Å². The second-order valence-electron chi connectivity index (χ2n) is 6.11. The summed E-state index contributed by atoms with van der Waals surface area (Å²) in [7, 11) is 0. The van der Waals surface area contributed by atoms with Gasteiger partial charge in [0.05, 0.1) is 17.3 Å². The molecule has 1 aromatic carbocycles. The molecule has 0 fully saturated rings. The molecule has 0 saturated heterocycles. The van der Waals surface area contributed by atoms with Gasteiger partial charge in [-0.3, -0.25) is 14.2 Å². The molecule has 29 heavy (non-hydrogen) atoms. The van der Waals surface area contributed by atoms with Gasteiger partial charge in [0.25, 0.3) is 5.56 Å². The number of alkyl halides is 3. The highest BCUT2D eigenvalue weighted by molar-refractivity contribution is 7.18. The van der Waals surface area contributed by atoms with Crippen molar-refractivity contribution in [3.63, 3.8) is 0 Å². The molecule has 0 bridgehead atoms. The molecular weight excluding hydrogens is 423 g/mol. The van der Waals surface area contributed by atoms with Crippen molar-refractivity contribution in [3.8, 4) is 10.4 Å². The summed E-state index contributed by atoms with van der Waals surface area (Å²) in [6.45, 7) is -0.303. The molecule has 0 atom stereocenters. The maximum atomic E-state index is 12.9. The minimum Gasteiger partial charge on any atom is -0.325 e. The van der Waals surface area contributed by atoms with E-state index in [1.165, 1.54) is 45.7 Å². The number of carbonyl (C=O) groups is 1. The molecule has 3 aromatic heterocycles. The molecule has 4 aromatic rings. The topological polar surface area (TPSA) is 64.0 Å². The fourth-order valence-corrected chi connectivity index (χ4v) is 4.51. The average molecular weight is 435 g/mol. The van der Waals surface area contributed by atoms with Crippen LogP contribution in [0.4, 0.5) is 18.9 Å². The number of anilines is 1. The second-order valence-corrected chi connectivity index (χ2v) is 7.91. The fraction of sp³-hybridized carbons (Fsp3) is 0.105. The lowest BCUT2D eigenvalue weighted by atomic mass is 10.2. The summed E-state index contributed by atoms with van der Waals surface area (Å²) in [5, 5.41) is 6.70. The number of carbonyl (C=O) groups excluding carboxylic acids is 1. The van der Waals surface area contributed by atoms with Gasteiger partial charge in [-0.05, 0) is 35.7 Å². The molecular formula is C19H12F3N3O2S2. The van der Waals surface area contributed by atoms with Gasteiger partial charge in [0.15, 0.2) is 0 Å². The van der Waals surface area contributed by atoms with Gasteiger partial charge in [0.1, 0.15) is 11.4 Å². The summed E-state index contributed by atoms with van der Waals surface area (Å²) < 4.78 is 39.0. The molecule has 0 unspecified atom stereocenters. The third kappa shape index (κ3) is 3.94. The average Bonchev–Trinajstić information content (AvgIpc) is 3.33. The van der Waals surface area contributed by atoms with Crippen LogP contribution in [-0.2, 0) is 17.5 Å². The van der Waals surface area contributed by atoms with Gasteiger partial charge in [-0.25, -0.2) is 4.98 Å². The maximum absolute atomic E-state index is 12.9. The number of thiophene rings is 2. The van der Waals surface area contributed by atoms with Crippen LogP contribution in [0.25, 0.3) is 20.7 Å². The van der Waals surface area contributed by atoms with Crippen LogP contribution in [-0.4, -0.2) is 15.5 Å². The van der Waals surface area contributed by atoms with Gasteiger partial charge < -0.3 is 5.32 Å². The lowest BCUT2D eigenvalue weighted by Gasteiger charge is -2.10. The molecule has 1 amide bonds. The zero-order valence-electron chi connectivity index (χ0n) is 14.6. The number of nitrogens with zero attached hydrogens (tertiary/aromatic N) is 2. The first-order chi connectivity index (χ1) is 13.8. The van der Waals surface area contributed by atoms with Gasteiger partial charge in [0.2, 0.25) is 5.91 Å². The number of hydrogen-bond donors (Lipinski definition) is 1. The number of amides is 1. The predicted octanol–water partition coefficient (Wildman–Crippen LogP) is 4.84. The van der Waals surface area contributed by atoms with Gasteiger partial charge in [-0.1, -0.05) is 6.07 Å². The molecule has 0 aliphatic carbocycles. The van der Waals surface area contributed by atoms with Crippen molar-refractivity contribution in [1.29, 1.82) is 0 Å². The van der Waals surface area contributed by atoms with Crippen molar-refractivity contribution in [2.45, 2.75) is 12.7 Å². The number of hydrogen-bond acceptors (Lipinski definition) is 5. The SMILES string of the molecule is O=C(Cn1cnc2scc(-c3cccs3)c2c1=O)Nc1ccc(C(F)(F)F)cc1. The van der Waals surface area contributed by atoms with E-state index in [0.717, 1.165) is 22.6 Å². The number of fused-ring (bicyclic) bond motifs is 1. The maximum Gasteiger partial charge on any atom is 0.416 e. The molecule has 10 heteroatoms. The summed E-state index contributed by atoms with van der Waals surface area (Å²) in [5.74, 6) is -0.541. The Morgan fingerprint density at radius 2 is 1.90 bits per heavy atom. The Morgan fingerprint density at radius 1 is 1.14 bits per heavy atom. The Morgan fingerprint density at radius 3 is 2.55 bits per heavy atom. The van der Waals surface area contributed by atoms with Crippen molar-refractivity contribution in [3.05, 3.63) is 69.4 Å². The van der Waals surface area contributed by atoms with Gasteiger partial charge in [-0.15, -0.1) is 22.7 Å². The summed E-state index contributed by atoms with van der Waals surface area (Å²) in [6, 6.07) is 7.88. The van der Waals surface area contributed by atoms with Crippen molar-refractivity contribution < 1.29 is 18.0 Å². The molecule has 4 rings (SSSR count). The van der Waals surface area contributed by atoms with Crippen molar-refractivity contribution in [2.24, 2.45) is 0 Å². The molecule has 148 valence electrons. The van der Waals surface area contributed by atoms with E-state index >= 15 is 0 Å². The summed E-state index contributed by atoms with van der Waals surface area (Å²) in [4.78, 5) is 30.9. The van der Waals surface area contributed by atoms with E-state index < -0.39 is 17.6 Å². The third-order valence-electron chi connectivity index (χ3n) is 4.16. The van der Waals surface area contributed by atoms with E-state index in [1.54, 1.807) is 0 Å². The fourth-order valence-electron chi connectivity index (χ4n) is 2.79. The lowest BCUT2D eigenvalue weighted by Crippen LogP contribution is -2.27. The van der Waals surface area contributed by atoms with Crippen LogP contribution in [0.1, 0.15) is 5.56 Å². The summed E-state index contributed by atoms with van der Waals surface area (Å²) >= 11 is 2.85. The first kappa shape index (κ1) is 19.3. The summed E-state index contributed by atoms with van der Waals surface area (Å²) in [5.41, 5.74) is -0.169. The Balaban J connectivity index is 1.56. The predicted molar refractivity (Wildman–Crippen MR) is 107 cm³/mol. The molecule has 0 saturated carbocycles. The number of rotatable bonds is 4. The molecule has 0 aliphatic rings. The van der Waals surface area contributed by atoms with E-state index in [0.29, 0.717) is 10.2 Å². The van der Waals surface area contributed by atoms with Crippen LogP contribution in [0, 0.1) is 0 Å². The second kappa shape index (κ2) is 7.45. The molecule has 0 radical (unpaired) electrons. The quantitative estimate of drug-likeness (QED) is 0.499. The highest BCUT2D eigenvalue weighted by Crippen LogP contribution is 2.33. The lowest BCUT2D eigenvalue weighted by molar-refractivity contribution is -0.137. The van der Waals surface area contributed by atoms with Crippen LogP contribution in [0.5, 0.6) is 0 Å². The standard InChI is InChI=1S/C19H12F3N3O2S2/c20-19(21,22)11-3-5-12(6-4-11)24-15(26)8-25-10-23-17-16(18(25)27)13(9-29-17)14-2-1-7-28-14/h1-7,9-10H,8H2,(H,24,26). The highest BCUT2D eigenvalue weighted by atomic mass is 32.1. The zero-order valence-corrected chi connectivity index (χ0v) is 16.2. The first-order valence-corrected chi connectivity index (χ1v) is 10.1. The van der Waals surface area contributed by atoms with Crippen LogP contribution in [0.2, 0.25) is 0 Å². The number of aromatic nitrogens is 2. The van der Waals surface area contributed by atoms with E-state index in [9.17, 15) is 22.8 Å². The first-order valence-electron chi connectivity index (χ1n) is 8.30. The normalized spacial score (nSPS) is 11.7. The van der Waals surface area contributed by atoms with Gasteiger partial charge >= 0.3 is 6.18 Å². The van der Waals surface area contributed by atoms with Gasteiger partial charge in [-0.2, -0.15) is 13.2 Å². The molecule has 5 nitrogen and oxygen atoms in total. The Labute approximate surface area is 170 Å². The number of benzene rings is 1. The monoisotopic (exact) mass is 435 g/mol. The van der Waals surface area contributed by atoms with Crippen molar-refractivity contribution in [1.82, 2.24) is 9.55 Å². The Bertz CT molecular complexity index is 1230. The van der Waals surface area contributed by atoms with Gasteiger partial charge in [0, 0.05) is 21.5 Å². The number of halogens is 3. The van der Waals surface area contributed by atoms with Crippen molar-refractivity contribution >= 4 is 44.5 Å². The zero-order chi connectivity index (χ0) is 20.6. The molecule has 0 spiro atoms. The highest BCUT2D eigenvalue weighted by Gasteiger charge is 2.30. The molecule has 0 aliphatic heterocycles. The third-order valence-corrected chi connectivity index (χ3v) is 5.95. The Hall–Kier alpha value is -2.98. The van der Waals surface area contributed by atoms with Crippen LogP contribution in [0.3, 0.4) is 0 Å². The molecule has 3 heterocycles. The van der Waals surface area contributed by atoms with Crippen LogP contribution >= 0.6 is 22.7 Å². The van der Waals surface area contributed by atoms with Crippen LogP contribution in [0.15, 0.2) is 58.3 Å². The van der Waals surface area contributed by atoms with E-state index in [1.807, 2.05) is 22.9 Å². The number of nitrogens with one attached hydrogen (secondary N) is 1. The smallest absolute Gasteiger partial charge is 0.325 e. The van der Waals surface area contributed by atoms with Crippen LogP contribution < -0.4 is 10.9 Å².